The van der Waals surface area contributed by atoms with Crippen LogP contribution in [0.15, 0.2) is 0 Å². The smallest absolute Gasteiger partial charge is 0.340 e. The van der Waals surface area contributed by atoms with Crippen LogP contribution in [0.25, 0.3) is 0 Å². The third-order valence-electron chi connectivity index (χ3n) is 2.52. The van der Waals surface area contributed by atoms with Crippen LogP contribution in [-0.4, -0.2) is 52.1 Å². The lowest BCUT2D eigenvalue weighted by Crippen LogP contribution is -2.50. The Bertz CT molecular complexity index is 250. The summed E-state index contributed by atoms with van der Waals surface area (Å²) in [5.41, 5.74) is 0. The number of alkyl halides is 4. The maximum Gasteiger partial charge on any atom is 0.397 e. The second kappa shape index (κ2) is 5.52. The Morgan fingerprint density at radius 3 is 2.19 bits per heavy atom. The Kier molecular flexibility index (Phi) is 4.84. The molecule has 0 aromatic heterocycles. The average Bonchev–Trinajstić information content (AvgIpc) is 2.15. The molecule has 1 amide bonds. The Hall–Kier alpha value is -0.0500. The molecular formula is C9H14F3IN2O. The summed E-state index contributed by atoms with van der Waals surface area (Å²) < 4.78 is 36.4. The predicted molar refractivity (Wildman–Crippen MR) is 62.3 cm³/mol. The standard InChI is InChI=1S/C9H14F3IN2O/c1-7(13)14-2-4-15(5-3-14)8(16)6-9(10,11)12/h7H,2-6H2,1H3/t7-/m1/s1. The van der Waals surface area contributed by atoms with Gasteiger partial charge in [-0.25, -0.2) is 0 Å². The van der Waals surface area contributed by atoms with Crippen LogP contribution >= 0.6 is 22.6 Å². The third-order valence-corrected chi connectivity index (χ3v) is 3.31. The van der Waals surface area contributed by atoms with Gasteiger partial charge in [0.15, 0.2) is 0 Å². The maximum absolute atomic E-state index is 12.0. The van der Waals surface area contributed by atoms with Crippen molar-refractivity contribution in [1.29, 1.82) is 0 Å². The highest BCUT2D eigenvalue weighted by Crippen LogP contribution is 2.21. The van der Waals surface area contributed by atoms with E-state index < -0.39 is 18.5 Å². The molecule has 94 valence electrons. The second-order valence-electron chi connectivity index (χ2n) is 3.78. The molecule has 1 aliphatic heterocycles. The number of piperazine rings is 1. The van der Waals surface area contributed by atoms with Crippen molar-refractivity contribution in [2.24, 2.45) is 0 Å². The van der Waals surface area contributed by atoms with E-state index in [4.69, 9.17) is 0 Å². The Morgan fingerprint density at radius 2 is 1.81 bits per heavy atom. The molecule has 0 aromatic rings. The first-order chi connectivity index (χ1) is 7.29. The van der Waals surface area contributed by atoms with Crippen LogP contribution in [0.4, 0.5) is 13.2 Å². The van der Waals surface area contributed by atoms with Crippen molar-refractivity contribution in [3.8, 4) is 0 Å². The van der Waals surface area contributed by atoms with Gasteiger partial charge >= 0.3 is 6.18 Å². The number of rotatable bonds is 2. The summed E-state index contributed by atoms with van der Waals surface area (Å²) in [6.45, 7) is 4.10. The quantitative estimate of drug-likeness (QED) is 0.431. The van der Waals surface area contributed by atoms with E-state index in [9.17, 15) is 18.0 Å². The average molecular weight is 350 g/mol. The SMILES string of the molecule is C[C@H](I)N1CCN(C(=O)CC(F)(F)F)CC1. The molecule has 16 heavy (non-hydrogen) atoms. The number of nitrogens with zero attached hydrogens (tertiary/aromatic N) is 2. The predicted octanol–water partition coefficient (Wildman–Crippen LogP) is 1.86. The van der Waals surface area contributed by atoms with Crippen LogP contribution in [0.2, 0.25) is 0 Å². The van der Waals surface area contributed by atoms with Crippen molar-refractivity contribution in [2.75, 3.05) is 26.2 Å². The summed E-state index contributed by atoms with van der Waals surface area (Å²) in [5.74, 6) is -0.812. The molecule has 3 nitrogen and oxygen atoms in total. The summed E-state index contributed by atoms with van der Waals surface area (Å²) in [5, 5.41) is 0. The summed E-state index contributed by atoms with van der Waals surface area (Å²) >= 11 is 2.25. The molecule has 1 aliphatic rings. The highest BCUT2D eigenvalue weighted by molar-refractivity contribution is 14.1. The first kappa shape index (κ1) is 14.0. The Balaban J connectivity index is 2.39. The number of carbonyl (C=O) groups excluding carboxylic acids is 1. The zero-order chi connectivity index (χ0) is 12.3. The molecule has 0 radical (unpaired) electrons. The zero-order valence-corrected chi connectivity index (χ0v) is 11.1. The largest absolute Gasteiger partial charge is 0.397 e. The maximum atomic E-state index is 12.0. The van der Waals surface area contributed by atoms with Crippen LogP contribution in [0.5, 0.6) is 0 Å². The van der Waals surface area contributed by atoms with Crippen molar-refractivity contribution < 1.29 is 18.0 Å². The summed E-state index contributed by atoms with van der Waals surface area (Å²) in [6.07, 6.45) is -5.74. The van der Waals surface area contributed by atoms with E-state index in [1.54, 1.807) is 0 Å². The molecule has 0 bridgehead atoms. The van der Waals surface area contributed by atoms with Crippen LogP contribution in [-0.2, 0) is 4.79 Å². The molecular weight excluding hydrogens is 336 g/mol. The van der Waals surface area contributed by atoms with E-state index in [2.05, 4.69) is 27.5 Å². The molecule has 1 heterocycles. The van der Waals surface area contributed by atoms with Gasteiger partial charge in [-0.05, 0) is 6.92 Å². The van der Waals surface area contributed by atoms with Crippen molar-refractivity contribution in [3.05, 3.63) is 0 Å². The van der Waals surface area contributed by atoms with Crippen molar-refractivity contribution in [2.45, 2.75) is 23.6 Å². The molecule has 1 rings (SSSR count). The molecule has 1 atom stereocenters. The summed E-state index contributed by atoms with van der Waals surface area (Å²) in [4.78, 5) is 14.7. The first-order valence-electron chi connectivity index (χ1n) is 5.02. The van der Waals surface area contributed by atoms with E-state index >= 15 is 0 Å². The highest BCUT2D eigenvalue weighted by Gasteiger charge is 2.34. The lowest BCUT2D eigenvalue weighted by Gasteiger charge is -2.36. The molecule has 0 aromatic carbocycles. The van der Waals surface area contributed by atoms with Gasteiger partial charge in [-0.3, -0.25) is 9.69 Å². The normalized spacial score (nSPS) is 20.9. The number of halogens is 4. The van der Waals surface area contributed by atoms with E-state index in [1.807, 2.05) is 6.92 Å². The molecule has 0 aliphatic carbocycles. The minimum absolute atomic E-state index is 0.345. The van der Waals surface area contributed by atoms with Crippen molar-refractivity contribution in [3.63, 3.8) is 0 Å². The fourth-order valence-electron chi connectivity index (χ4n) is 1.61. The lowest BCUT2D eigenvalue weighted by molar-refractivity contribution is -0.162. The topological polar surface area (TPSA) is 23.6 Å². The van der Waals surface area contributed by atoms with Crippen LogP contribution in [0.1, 0.15) is 13.3 Å². The molecule has 7 heteroatoms. The zero-order valence-electron chi connectivity index (χ0n) is 8.93. The molecule has 0 unspecified atom stereocenters. The summed E-state index contributed by atoms with van der Waals surface area (Å²) in [6, 6.07) is 0. The van der Waals surface area contributed by atoms with Gasteiger partial charge in [0.2, 0.25) is 5.91 Å². The highest BCUT2D eigenvalue weighted by atomic mass is 127. The van der Waals surface area contributed by atoms with E-state index in [0.717, 1.165) is 0 Å². The van der Waals surface area contributed by atoms with Gasteiger partial charge in [0.25, 0.3) is 0 Å². The fourth-order valence-corrected chi connectivity index (χ4v) is 2.17. The first-order valence-corrected chi connectivity index (χ1v) is 6.27. The van der Waals surface area contributed by atoms with Gasteiger partial charge in [-0.2, -0.15) is 13.2 Å². The number of hydrogen-bond acceptors (Lipinski definition) is 2. The van der Waals surface area contributed by atoms with Gasteiger partial charge in [0.05, 0.1) is 4.05 Å². The number of carbonyl (C=O) groups is 1. The van der Waals surface area contributed by atoms with E-state index in [0.29, 0.717) is 30.2 Å². The van der Waals surface area contributed by atoms with Crippen molar-refractivity contribution in [1.82, 2.24) is 9.80 Å². The number of hydrogen-bond donors (Lipinski definition) is 0. The van der Waals surface area contributed by atoms with Crippen LogP contribution in [0, 0.1) is 0 Å². The van der Waals surface area contributed by atoms with Gasteiger partial charge in [0.1, 0.15) is 6.42 Å². The van der Waals surface area contributed by atoms with Crippen molar-refractivity contribution >= 4 is 28.5 Å². The molecule has 0 spiro atoms. The minimum Gasteiger partial charge on any atom is -0.340 e. The Labute approximate surface area is 106 Å². The van der Waals surface area contributed by atoms with E-state index in [-0.39, 0.29) is 0 Å². The Morgan fingerprint density at radius 1 is 1.31 bits per heavy atom. The number of amides is 1. The minimum atomic E-state index is -4.40. The van der Waals surface area contributed by atoms with Gasteiger partial charge in [-0.15, -0.1) is 0 Å². The van der Waals surface area contributed by atoms with E-state index in [1.165, 1.54) is 4.90 Å². The molecule has 0 N–H and O–H groups in total. The van der Waals surface area contributed by atoms with Gasteiger partial charge in [0, 0.05) is 26.2 Å². The summed E-state index contributed by atoms with van der Waals surface area (Å²) in [7, 11) is 0. The van der Waals surface area contributed by atoms with Gasteiger partial charge in [-0.1, -0.05) is 22.6 Å². The van der Waals surface area contributed by atoms with Crippen LogP contribution in [0.3, 0.4) is 0 Å². The molecule has 1 saturated heterocycles. The molecule has 0 saturated carbocycles. The monoisotopic (exact) mass is 350 g/mol. The molecule has 1 fully saturated rings. The lowest BCUT2D eigenvalue weighted by atomic mass is 10.2. The fraction of sp³-hybridized carbons (Fsp3) is 0.889. The second-order valence-corrected chi connectivity index (χ2v) is 5.59. The van der Waals surface area contributed by atoms with Gasteiger partial charge < -0.3 is 4.90 Å². The van der Waals surface area contributed by atoms with Crippen LogP contribution < -0.4 is 0 Å². The third kappa shape index (κ3) is 4.44.